The Morgan fingerprint density at radius 1 is 1.26 bits per heavy atom. The molecule has 1 aliphatic heterocycles. The first kappa shape index (κ1) is 16.2. The van der Waals surface area contributed by atoms with Gasteiger partial charge in [-0.25, -0.2) is 8.42 Å². The fraction of sp³-hybridized carbons (Fsp3) is 0.353. The van der Waals surface area contributed by atoms with E-state index in [9.17, 15) is 13.2 Å². The van der Waals surface area contributed by atoms with Gasteiger partial charge in [0.05, 0.1) is 23.5 Å². The zero-order chi connectivity index (χ0) is 16.4. The lowest BCUT2D eigenvalue weighted by Gasteiger charge is -2.20. The van der Waals surface area contributed by atoms with Crippen LogP contribution >= 0.6 is 11.3 Å². The summed E-state index contributed by atoms with van der Waals surface area (Å²) in [5.41, 5.74) is 2.17. The molecule has 2 heterocycles. The molecule has 4 nitrogen and oxygen atoms in total. The molecule has 0 saturated carbocycles. The average molecular weight is 349 g/mol. The summed E-state index contributed by atoms with van der Waals surface area (Å²) in [7, 11) is -3.06. The van der Waals surface area contributed by atoms with Crippen molar-refractivity contribution >= 4 is 27.1 Å². The normalized spacial score (nSPS) is 21.0. The fourth-order valence-electron chi connectivity index (χ4n) is 2.80. The monoisotopic (exact) mass is 349 g/mol. The summed E-state index contributed by atoms with van der Waals surface area (Å²) in [5.74, 6) is -0.540. The molecule has 23 heavy (non-hydrogen) atoms. The van der Waals surface area contributed by atoms with Crippen molar-refractivity contribution in [3.8, 4) is 0 Å². The number of carbonyl (C=O) groups is 1. The van der Waals surface area contributed by atoms with Crippen LogP contribution in [0.2, 0.25) is 0 Å². The van der Waals surface area contributed by atoms with Crippen LogP contribution in [-0.2, 0) is 14.6 Å². The van der Waals surface area contributed by atoms with Crippen LogP contribution in [0.3, 0.4) is 0 Å². The van der Waals surface area contributed by atoms with Crippen LogP contribution < -0.4 is 5.32 Å². The van der Waals surface area contributed by atoms with Gasteiger partial charge in [-0.3, -0.25) is 4.79 Å². The molecule has 2 unspecified atom stereocenters. The highest BCUT2D eigenvalue weighted by Crippen LogP contribution is 2.28. The largest absolute Gasteiger partial charge is 0.344 e. The summed E-state index contributed by atoms with van der Waals surface area (Å²) in [4.78, 5) is 13.6. The van der Waals surface area contributed by atoms with Crippen molar-refractivity contribution < 1.29 is 13.2 Å². The second-order valence-corrected chi connectivity index (χ2v) is 9.18. The van der Waals surface area contributed by atoms with E-state index in [2.05, 4.69) is 5.32 Å². The van der Waals surface area contributed by atoms with Crippen molar-refractivity contribution in [2.45, 2.75) is 19.4 Å². The first-order chi connectivity index (χ1) is 10.9. The van der Waals surface area contributed by atoms with Gasteiger partial charge < -0.3 is 5.32 Å². The summed E-state index contributed by atoms with van der Waals surface area (Å²) < 4.78 is 23.2. The van der Waals surface area contributed by atoms with Gasteiger partial charge in [-0.1, -0.05) is 35.9 Å². The van der Waals surface area contributed by atoms with Crippen LogP contribution in [0.4, 0.5) is 0 Å². The van der Waals surface area contributed by atoms with E-state index in [1.165, 1.54) is 0 Å². The number of benzene rings is 1. The number of nitrogens with one attached hydrogen (secondary N) is 1. The Hall–Kier alpha value is -1.66. The molecular formula is C17H19NO3S2. The molecule has 3 rings (SSSR count). The van der Waals surface area contributed by atoms with Gasteiger partial charge in [0.15, 0.2) is 9.84 Å². The molecule has 0 bridgehead atoms. The van der Waals surface area contributed by atoms with Crippen LogP contribution in [0.15, 0.2) is 41.8 Å². The molecule has 122 valence electrons. The third kappa shape index (κ3) is 3.82. The third-order valence-electron chi connectivity index (χ3n) is 4.13. The summed E-state index contributed by atoms with van der Waals surface area (Å²) in [6.45, 7) is 2.02. The summed E-state index contributed by atoms with van der Waals surface area (Å²) in [6.07, 6.45) is 0.416. The van der Waals surface area contributed by atoms with Crippen molar-refractivity contribution in [2.75, 3.05) is 11.5 Å². The minimum atomic E-state index is -3.06. The van der Waals surface area contributed by atoms with E-state index in [0.29, 0.717) is 6.42 Å². The molecule has 1 amide bonds. The van der Waals surface area contributed by atoms with Crippen LogP contribution in [0, 0.1) is 12.8 Å². The van der Waals surface area contributed by atoms with E-state index < -0.39 is 15.8 Å². The van der Waals surface area contributed by atoms with Gasteiger partial charge >= 0.3 is 0 Å². The molecule has 2 atom stereocenters. The number of carbonyl (C=O) groups excluding carboxylic acids is 1. The quantitative estimate of drug-likeness (QED) is 0.923. The predicted molar refractivity (Wildman–Crippen MR) is 92.2 cm³/mol. The van der Waals surface area contributed by atoms with Crippen molar-refractivity contribution in [3.63, 3.8) is 0 Å². The highest BCUT2D eigenvalue weighted by molar-refractivity contribution is 7.91. The lowest BCUT2D eigenvalue weighted by molar-refractivity contribution is -0.124. The standard InChI is InChI=1S/C17H19NO3S2/c1-12-4-6-13(7-5-12)16(15-3-2-9-22-15)18-17(19)14-8-10-23(20,21)11-14/h2-7,9,14,16H,8,10-11H2,1H3,(H,18,19). The van der Waals surface area contributed by atoms with Gasteiger partial charge in [-0.05, 0) is 30.4 Å². The highest BCUT2D eigenvalue weighted by atomic mass is 32.2. The zero-order valence-corrected chi connectivity index (χ0v) is 14.5. The molecule has 6 heteroatoms. The minimum absolute atomic E-state index is 0.0378. The van der Waals surface area contributed by atoms with Crippen molar-refractivity contribution in [2.24, 2.45) is 5.92 Å². The first-order valence-corrected chi connectivity index (χ1v) is 10.3. The Kier molecular flexibility index (Phi) is 4.55. The van der Waals surface area contributed by atoms with Gasteiger partial charge in [-0.2, -0.15) is 0 Å². The van der Waals surface area contributed by atoms with Gasteiger partial charge in [0.2, 0.25) is 5.91 Å². The smallest absolute Gasteiger partial charge is 0.224 e. The van der Waals surface area contributed by atoms with Crippen molar-refractivity contribution in [1.82, 2.24) is 5.32 Å². The molecule has 1 saturated heterocycles. The Balaban J connectivity index is 1.82. The van der Waals surface area contributed by atoms with Crippen molar-refractivity contribution in [1.29, 1.82) is 0 Å². The molecule has 1 aromatic heterocycles. The number of sulfone groups is 1. The molecule has 0 radical (unpaired) electrons. The summed E-state index contributed by atoms with van der Waals surface area (Å²) in [6, 6.07) is 11.8. The lowest BCUT2D eigenvalue weighted by atomic mass is 10.0. The number of amides is 1. The maximum atomic E-state index is 12.5. The van der Waals surface area contributed by atoms with E-state index >= 15 is 0 Å². The van der Waals surface area contributed by atoms with Gasteiger partial charge in [-0.15, -0.1) is 11.3 Å². The second-order valence-electron chi connectivity index (χ2n) is 5.97. The van der Waals surface area contributed by atoms with Gasteiger partial charge in [0.25, 0.3) is 0 Å². The van der Waals surface area contributed by atoms with E-state index in [-0.39, 0.29) is 23.5 Å². The number of rotatable bonds is 4. The fourth-order valence-corrected chi connectivity index (χ4v) is 5.34. The Labute approximate surface area is 140 Å². The third-order valence-corrected chi connectivity index (χ3v) is 6.83. The molecule has 1 aliphatic rings. The average Bonchev–Trinajstić information content (AvgIpc) is 3.15. The lowest BCUT2D eigenvalue weighted by Crippen LogP contribution is -2.34. The molecular weight excluding hydrogens is 330 g/mol. The summed E-state index contributed by atoms with van der Waals surface area (Å²) >= 11 is 1.58. The molecule has 0 aliphatic carbocycles. The van der Waals surface area contributed by atoms with Crippen LogP contribution in [0.25, 0.3) is 0 Å². The molecule has 2 aromatic rings. The van der Waals surface area contributed by atoms with E-state index in [1.54, 1.807) is 11.3 Å². The first-order valence-electron chi connectivity index (χ1n) is 7.55. The Morgan fingerprint density at radius 2 is 2.00 bits per heavy atom. The highest BCUT2D eigenvalue weighted by Gasteiger charge is 2.34. The topological polar surface area (TPSA) is 63.2 Å². The SMILES string of the molecule is Cc1ccc(C(NC(=O)C2CCS(=O)(=O)C2)c2cccs2)cc1. The molecule has 0 spiro atoms. The van der Waals surface area contributed by atoms with Crippen molar-refractivity contribution in [3.05, 3.63) is 57.8 Å². The molecule has 1 fully saturated rings. The van der Waals surface area contributed by atoms with E-state index in [0.717, 1.165) is 16.0 Å². The van der Waals surface area contributed by atoms with E-state index in [1.807, 2.05) is 48.7 Å². The minimum Gasteiger partial charge on any atom is -0.344 e. The van der Waals surface area contributed by atoms with Gasteiger partial charge in [0.1, 0.15) is 0 Å². The Bertz CT molecular complexity index is 780. The molecule has 1 N–H and O–H groups in total. The number of thiophene rings is 1. The maximum Gasteiger partial charge on any atom is 0.224 e. The number of hydrogen-bond donors (Lipinski definition) is 1. The van der Waals surface area contributed by atoms with Crippen LogP contribution in [-0.4, -0.2) is 25.8 Å². The second kappa shape index (κ2) is 6.45. The van der Waals surface area contributed by atoms with E-state index in [4.69, 9.17) is 0 Å². The molecule has 1 aromatic carbocycles. The van der Waals surface area contributed by atoms with Crippen LogP contribution in [0.1, 0.15) is 28.5 Å². The zero-order valence-electron chi connectivity index (χ0n) is 12.9. The predicted octanol–water partition coefficient (Wildman–Crippen LogP) is 2.70. The maximum absolute atomic E-state index is 12.5. The van der Waals surface area contributed by atoms with Gasteiger partial charge in [0, 0.05) is 4.88 Å². The number of hydrogen-bond acceptors (Lipinski definition) is 4. The number of aryl methyl sites for hydroxylation is 1. The van der Waals surface area contributed by atoms with Crippen LogP contribution in [0.5, 0.6) is 0 Å². The summed E-state index contributed by atoms with van der Waals surface area (Å²) in [5, 5.41) is 5.02. The Morgan fingerprint density at radius 3 is 2.57 bits per heavy atom.